The van der Waals surface area contributed by atoms with Crippen LogP contribution in [0.4, 0.5) is 0 Å². The van der Waals surface area contributed by atoms with E-state index in [1.54, 1.807) is 12.1 Å². The Bertz CT molecular complexity index is 501. The van der Waals surface area contributed by atoms with Crippen molar-refractivity contribution < 1.29 is 9.90 Å². The third kappa shape index (κ3) is 2.85. The van der Waals surface area contributed by atoms with Gasteiger partial charge < -0.3 is 5.11 Å². The summed E-state index contributed by atoms with van der Waals surface area (Å²) in [4.78, 5) is 13.2. The van der Waals surface area contributed by atoms with Crippen LogP contribution < -0.4 is 0 Å². The Kier molecular flexibility index (Phi) is 4.10. The van der Waals surface area contributed by atoms with Gasteiger partial charge in [-0.05, 0) is 35.7 Å². The van der Waals surface area contributed by atoms with Gasteiger partial charge in [0.2, 0.25) is 0 Å². The number of rotatable bonds is 3. The Balaban J connectivity index is 3.28. The number of aliphatic carboxylic acids is 1. The highest BCUT2D eigenvalue weighted by atomic mass is 79.9. The molecule has 1 N–H and O–H groups in total. The molecule has 0 aliphatic carbocycles. The third-order valence-electron chi connectivity index (χ3n) is 1.97. The van der Waals surface area contributed by atoms with Gasteiger partial charge in [0.15, 0.2) is 0 Å². The summed E-state index contributed by atoms with van der Waals surface area (Å²) in [7, 11) is 0. The van der Waals surface area contributed by atoms with Crippen LogP contribution in [0.25, 0.3) is 16.5 Å². The molecule has 6 heteroatoms. The maximum absolute atomic E-state index is 10.7. The van der Waals surface area contributed by atoms with Crippen molar-refractivity contribution in [2.75, 3.05) is 0 Å². The molecule has 0 bridgehead atoms. The molecule has 0 amide bonds. The molecule has 0 saturated heterocycles. The van der Waals surface area contributed by atoms with E-state index in [0.717, 1.165) is 10.0 Å². The molecule has 82 valence electrons. The van der Waals surface area contributed by atoms with Gasteiger partial charge in [0.25, 0.3) is 0 Å². The highest BCUT2D eigenvalue weighted by Gasteiger charge is 2.06. The van der Waals surface area contributed by atoms with Gasteiger partial charge in [0, 0.05) is 9.38 Å². The molecule has 0 aliphatic heterocycles. The highest BCUT2D eigenvalue weighted by molar-refractivity contribution is 9.10. The zero-order valence-corrected chi connectivity index (χ0v) is 9.97. The number of azide groups is 1. The van der Waals surface area contributed by atoms with E-state index in [0.29, 0.717) is 5.56 Å². The first kappa shape index (κ1) is 12.3. The van der Waals surface area contributed by atoms with Crippen LogP contribution in [0.15, 0.2) is 33.5 Å². The van der Waals surface area contributed by atoms with Crippen LogP contribution in [0.2, 0.25) is 0 Å². The molecule has 0 spiro atoms. The van der Waals surface area contributed by atoms with Gasteiger partial charge in [-0.15, -0.1) is 0 Å². The van der Waals surface area contributed by atoms with Crippen molar-refractivity contribution in [2.24, 2.45) is 5.11 Å². The summed E-state index contributed by atoms with van der Waals surface area (Å²) in [5, 5.41) is 11.9. The molecule has 1 rings (SSSR count). The molecular weight excluding hydrogens is 274 g/mol. The van der Waals surface area contributed by atoms with Crippen molar-refractivity contribution in [3.05, 3.63) is 49.9 Å². The van der Waals surface area contributed by atoms with Crippen molar-refractivity contribution >= 4 is 28.0 Å². The summed E-state index contributed by atoms with van der Waals surface area (Å²) >= 11 is 3.33. The topological polar surface area (TPSA) is 86.1 Å². The van der Waals surface area contributed by atoms with Gasteiger partial charge in [-0.1, -0.05) is 33.2 Å². The van der Waals surface area contributed by atoms with Crippen molar-refractivity contribution in [3.8, 4) is 0 Å². The molecule has 5 nitrogen and oxygen atoms in total. The number of carboxylic acids is 1. The lowest BCUT2D eigenvalue weighted by atomic mass is 10.1. The minimum absolute atomic E-state index is 0.330. The quantitative estimate of drug-likeness (QED) is 0.398. The molecule has 1 aromatic carbocycles. The molecule has 0 aromatic heterocycles. The summed E-state index contributed by atoms with van der Waals surface area (Å²) in [5.74, 6) is -1.25. The summed E-state index contributed by atoms with van der Waals surface area (Å²) in [5.41, 5.74) is 9.48. The maximum atomic E-state index is 10.7. The van der Waals surface area contributed by atoms with Crippen molar-refractivity contribution in [1.29, 1.82) is 0 Å². The second-order valence-electron chi connectivity index (χ2n) is 2.98. The van der Waals surface area contributed by atoms with Crippen LogP contribution in [0.1, 0.15) is 11.1 Å². The van der Waals surface area contributed by atoms with E-state index in [4.69, 9.17) is 10.6 Å². The number of carboxylic acid groups (broad SMARTS) is 1. The summed E-state index contributed by atoms with van der Waals surface area (Å²) in [6.45, 7) is 1.84. The van der Waals surface area contributed by atoms with Gasteiger partial charge in [-0.3, -0.25) is 0 Å². The fourth-order valence-electron chi connectivity index (χ4n) is 1.11. The Morgan fingerprint density at radius 2 is 2.31 bits per heavy atom. The van der Waals surface area contributed by atoms with E-state index in [9.17, 15) is 4.79 Å². The van der Waals surface area contributed by atoms with E-state index in [1.165, 1.54) is 6.08 Å². The Morgan fingerprint density at radius 3 is 2.88 bits per heavy atom. The maximum Gasteiger partial charge on any atom is 0.338 e. The second-order valence-corrected chi connectivity index (χ2v) is 3.83. The summed E-state index contributed by atoms with van der Waals surface area (Å²) in [6, 6.07) is 5.37. The van der Waals surface area contributed by atoms with Crippen LogP contribution in [-0.2, 0) is 4.79 Å². The summed E-state index contributed by atoms with van der Waals surface area (Å²) < 4.78 is 0.868. The van der Waals surface area contributed by atoms with E-state index in [1.807, 2.05) is 13.0 Å². The lowest BCUT2D eigenvalue weighted by Crippen LogP contribution is -1.97. The number of halogens is 1. The van der Waals surface area contributed by atoms with Gasteiger partial charge in [0.05, 0.1) is 0 Å². The second kappa shape index (κ2) is 5.34. The predicted molar refractivity (Wildman–Crippen MR) is 63.6 cm³/mol. The van der Waals surface area contributed by atoms with Gasteiger partial charge in [0.1, 0.15) is 5.70 Å². The van der Waals surface area contributed by atoms with Gasteiger partial charge in [-0.25, -0.2) is 4.79 Å². The standard InChI is InChI=1S/C10H8BrN3O2/c1-6-7(3-2-4-8(6)11)5-9(10(15)16)13-14-12/h2-5H,1H3,(H,15,16)/b9-5+. The fraction of sp³-hybridized carbons (Fsp3) is 0.100. The van der Waals surface area contributed by atoms with Crippen molar-refractivity contribution in [1.82, 2.24) is 0 Å². The fourth-order valence-corrected chi connectivity index (χ4v) is 1.49. The molecule has 0 radical (unpaired) electrons. The Hall–Kier alpha value is -1.78. The lowest BCUT2D eigenvalue weighted by Gasteiger charge is -2.03. The smallest absolute Gasteiger partial charge is 0.338 e. The Morgan fingerprint density at radius 1 is 1.62 bits per heavy atom. The molecule has 0 saturated carbocycles. The molecule has 0 heterocycles. The van der Waals surface area contributed by atoms with E-state index >= 15 is 0 Å². The first-order chi connectivity index (χ1) is 7.56. The number of benzene rings is 1. The van der Waals surface area contributed by atoms with Crippen LogP contribution >= 0.6 is 15.9 Å². The van der Waals surface area contributed by atoms with Gasteiger partial charge in [-0.2, -0.15) is 0 Å². The molecule has 0 unspecified atom stereocenters. The highest BCUT2D eigenvalue weighted by Crippen LogP contribution is 2.21. The number of nitrogens with zero attached hydrogens (tertiary/aromatic N) is 3. The zero-order chi connectivity index (χ0) is 12.1. The van der Waals surface area contributed by atoms with Crippen LogP contribution in [0.3, 0.4) is 0 Å². The SMILES string of the molecule is Cc1c(Br)cccc1/C=C(/N=[N+]=[N-])C(=O)O. The molecule has 16 heavy (non-hydrogen) atoms. The van der Waals surface area contributed by atoms with Crippen LogP contribution in [-0.4, -0.2) is 11.1 Å². The summed E-state index contributed by atoms with van der Waals surface area (Å²) in [6.07, 6.45) is 1.34. The molecular formula is C10H8BrN3O2. The predicted octanol–water partition coefficient (Wildman–Crippen LogP) is 3.49. The number of carbonyl (C=O) groups is 1. The van der Waals surface area contributed by atoms with Crippen molar-refractivity contribution in [3.63, 3.8) is 0 Å². The monoisotopic (exact) mass is 281 g/mol. The minimum Gasteiger partial charge on any atom is -0.478 e. The number of hydrogen-bond acceptors (Lipinski definition) is 2. The van der Waals surface area contributed by atoms with Crippen molar-refractivity contribution in [2.45, 2.75) is 6.92 Å². The van der Waals surface area contributed by atoms with Crippen LogP contribution in [0, 0.1) is 6.92 Å². The molecule has 0 fully saturated rings. The first-order valence-electron chi connectivity index (χ1n) is 4.31. The first-order valence-corrected chi connectivity index (χ1v) is 5.10. The van der Waals surface area contributed by atoms with E-state index < -0.39 is 5.97 Å². The van der Waals surface area contributed by atoms with E-state index in [-0.39, 0.29) is 5.70 Å². The number of hydrogen-bond donors (Lipinski definition) is 1. The zero-order valence-electron chi connectivity index (χ0n) is 8.38. The average molecular weight is 282 g/mol. The molecule has 0 aliphatic rings. The average Bonchev–Trinajstić information content (AvgIpc) is 2.23. The third-order valence-corrected chi connectivity index (χ3v) is 2.83. The normalized spacial score (nSPS) is 10.8. The van der Waals surface area contributed by atoms with Gasteiger partial charge >= 0.3 is 5.97 Å². The Labute approximate surface area is 100 Å². The minimum atomic E-state index is -1.25. The lowest BCUT2D eigenvalue weighted by molar-refractivity contribution is -0.132. The van der Waals surface area contributed by atoms with E-state index in [2.05, 4.69) is 26.0 Å². The largest absolute Gasteiger partial charge is 0.478 e. The molecule has 1 aromatic rings. The van der Waals surface area contributed by atoms with Crippen LogP contribution in [0.5, 0.6) is 0 Å². The molecule has 0 atom stereocenters.